The summed E-state index contributed by atoms with van der Waals surface area (Å²) in [4.78, 5) is 13.1. The largest absolute Gasteiger partial charge is 0.462 e. The van der Waals surface area contributed by atoms with Crippen LogP contribution in [-0.2, 0) is 14.3 Å². The maximum absolute atomic E-state index is 13.1. The highest BCUT2D eigenvalue weighted by atomic mass is 16.7. The number of hydrogen-bond acceptors (Lipinski definition) is 3. The van der Waals surface area contributed by atoms with Crippen molar-refractivity contribution in [2.24, 2.45) is 17.8 Å². The van der Waals surface area contributed by atoms with Crippen LogP contribution in [-0.4, -0.2) is 17.7 Å². The fourth-order valence-electron chi connectivity index (χ4n) is 4.44. The third-order valence-corrected chi connectivity index (χ3v) is 5.95. The fourth-order valence-corrected chi connectivity index (χ4v) is 4.44. The Morgan fingerprint density at radius 1 is 1.31 bits per heavy atom. The van der Waals surface area contributed by atoms with Crippen LogP contribution in [0.1, 0.15) is 74.7 Å². The van der Waals surface area contributed by atoms with Crippen molar-refractivity contribution >= 4 is 5.78 Å². The van der Waals surface area contributed by atoms with Crippen molar-refractivity contribution in [3.05, 3.63) is 34.6 Å². The number of ether oxygens (including phenoxy) is 2. The molecule has 0 amide bonds. The van der Waals surface area contributed by atoms with E-state index in [-0.39, 0.29) is 23.7 Å². The number of allylic oxidation sites excluding steroid dienone is 3. The average Bonchev–Trinajstić information content (AvgIpc) is 2.60. The number of carbonyl (C=O) groups is 1. The molecule has 0 aromatic carbocycles. The summed E-state index contributed by atoms with van der Waals surface area (Å²) >= 11 is 0. The van der Waals surface area contributed by atoms with Crippen LogP contribution in [0.2, 0.25) is 0 Å². The lowest BCUT2D eigenvalue weighted by Crippen LogP contribution is -2.50. The first-order valence-corrected chi connectivity index (χ1v) is 10.1. The average molecular weight is 361 g/mol. The van der Waals surface area contributed by atoms with E-state index in [4.69, 9.17) is 9.47 Å². The summed E-state index contributed by atoms with van der Waals surface area (Å²) in [7, 11) is 0. The molecular formula is C23H36O3. The van der Waals surface area contributed by atoms with Gasteiger partial charge in [0.2, 0.25) is 5.79 Å². The summed E-state index contributed by atoms with van der Waals surface area (Å²) in [6, 6.07) is 0. The molecule has 0 spiro atoms. The van der Waals surface area contributed by atoms with Crippen LogP contribution >= 0.6 is 0 Å². The number of ketones is 1. The minimum Gasteiger partial charge on any atom is -0.462 e. The molecule has 2 heterocycles. The summed E-state index contributed by atoms with van der Waals surface area (Å²) in [5, 5.41) is 0. The third-order valence-electron chi connectivity index (χ3n) is 5.95. The highest BCUT2D eigenvalue weighted by Crippen LogP contribution is 2.46. The van der Waals surface area contributed by atoms with E-state index in [0.717, 1.165) is 36.2 Å². The molecular weight excluding hydrogens is 324 g/mol. The maximum atomic E-state index is 13.1. The maximum Gasteiger partial charge on any atom is 0.232 e. The van der Waals surface area contributed by atoms with Crippen molar-refractivity contribution in [2.45, 2.75) is 86.5 Å². The van der Waals surface area contributed by atoms with Crippen molar-refractivity contribution in [3.63, 3.8) is 0 Å². The Balaban J connectivity index is 2.28. The van der Waals surface area contributed by atoms with E-state index in [1.165, 1.54) is 5.57 Å². The molecule has 0 aromatic rings. The van der Waals surface area contributed by atoms with Gasteiger partial charge in [0.05, 0.1) is 12.0 Å². The van der Waals surface area contributed by atoms with Gasteiger partial charge in [-0.05, 0) is 51.7 Å². The normalized spacial score (nSPS) is 31.2. The second-order valence-corrected chi connectivity index (χ2v) is 8.19. The van der Waals surface area contributed by atoms with Gasteiger partial charge in [0.1, 0.15) is 11.5 Å². The van der Waals surface area contributed by atoms with Crippen LogP contribution in [0.4, 0.5) is 0 Å². The van der Waals surface area contributed by atoms with E-state index in [1.54, 1.807) is 0 Å². The van der Waals surface area contributed by atoms with Gasteiger partial charge < -0.3 is 9.47 Å². The lowest BCUT2D eigenvalue weighted by Gasteiger charge is -2.48. The first-order chi connectivity index (χ1) is 12.2. The molecule has 2 rings (SSSR count). The molecule has 0 aromatic heterocycles. The third kappa shape index (κ3) is 3.83. The van der Waals surface area contributed by atoms with Crippen molar-refractivity contribution in [3.8, 4) is 0 Å². The predicted molar refractivity (Wildman–Crippen MR) is 107 cm³/mol. The van der Waals surface area contributed by atoms with Gasteiger partial charge in [-0.25, -0.2) is 0 Å². The smallest absolute Gasteiger partial charge is 0.232 e. The Bertz CT molecular complexity index is 640. The molecule has 0 aliphatic carbocycles. The summed E-state index contributed by atoms with van der Waals surface area (Å²) < 4.78 is 12.8. The molecule has 2 bridgehead atoms. The fraction of sp³-hybridized carbons (Fsp3) is 0.696. The van der Waals surface area contributed by atoms with Gasteiger partial charge in [0, 0.05) is 18.3 Å². The number of Topliss-reactive ketones (excluding diaryl/α,β-unsaturated/α-hetero) is 1. The SMILES string of the molecule is CC/C=C(\C)C[C@@H](C)C(=O)[C@@H](C)C1=C(C)[C@H]2O[C@@](CC)(O1)C(C)=C[C@@H]2C. The predicted octanol–water partition coefficient (Wildman–Crippen LogP) is 5.97. The van der Waals surface area contributed by atoms with Crippen molar-refractivity contribution in [1.29, 1.82) is 0 Å². The Kier molecular flexibility index (Phi) is 6.55. The molecule has 0 saturated carbocycles. The number of fused-ring (bicyclic) bond motifs is 2. The molecule has 0 N–H and O–H groups in total. The van der Waals surface area contributed by atoms with Crippen LogP contribution in [0.15, 0.2) is 34.6 Å². The molecule has 146 valence electrons. The lowest BCUT2D eigenvalue weighted by atomic mass is 9.82. The van der Waals surface area contributed by atoms with Gasteiger partial charge in [0.15, 0.2) is 0 Å². The van der Waals surface area contributed by atoms with Crippen molar-refractivity contribution < 1.29 is 14.3 Å². The Morgan fingerprint density at radius 2 is 1.96 bits per heavy atom. The first kappa shape index (κ1) is 21.0. The van der Waals surface area contributed by atoms with Crippen LogP contribution in [0, 0.1) is 17.8 Å². The zero-order valence-electron chi connectivity index (χ0n) is 17.8. The van der Waals surface area contributed by atoms with E-state index in [0.29, 0.717) is 5.92 Å². The highest BCUT2D eigenvalue weighted by Gasteiger charge is 2.48. The van der Waals surface area contributed by atoms with E-state index in [9.17, 15) is 4.79 Å². The minimum absolute atomic E-state index is 0.00493. The summed E-state index contributed by atoms with van der Waals surface area (Å²) in [6.45, 7) is 16.6. The number of rotatable bonds is 7. The molecule has 3 nitrogen and oxygen atoms in total. The quantitative estimate of drug-likeness (QED) is 0.525. The van der Waals surface area contributed by atoms with E-state index >= 15 is 0 Å². The van der Waals surface area contributed by atoms with Crippen LogP contribution in [0.5, 0.6) is 0 Å². The zero-order valence-corrected chi connectivity index (χ0v) is 17.8. The minimum atomic E-state index is -0.707. The molecule has 5 atom stereocenters. The second-order valence-electron chi connectivity index (χ2n) is 8.19. The standard InChI is InChI=1S/C23H36O3/c1-9-11-14(3)12-15(4)20(24)18(7)22-19(8)21-16(5)13-17(6)23(10-2,25-21)26-22/h11,13,15-16,18,21H,9-10,12H2,1-8H3/b14-11+/t15-,16+,18-,21+,23+/m1/s1. The molecule has 0 radical (unpaired) electrons. The summed E-state index contributed by atoms with van der Waals surface area (Å²) in [6.07, 6.45) is 7.02. The van der Waals surface area contributed by atoms with Gasteiger partial charge in [-0.1, -0.05) is 45.4 Å². The van der Waals surface area contributed by atoms with Crippen molar-refractivity contribution in [2.75, 3.05) is 0 Å². The van der Waals surface area contributed by atoms with Crippen LogP contribution in [0.25, 0.3) is 0 Å². The van der Waals surface area contributed by atoms with Gasteiger partial charge in [-0.2, -0.15) is 0 Å². The number of carbonyl (C=O) groups excluding carboxylic acids is 1. The summed E-state index contributed by atoms with van der Waals surface area (Å²) in [5.41, 5.74) is 3.47. The summed E-state index contributed by atoms with van der Waals surface area (Å²) in [5.74, 6) is 0.422. The molecule has 3 heteroatoms. The Hall–Kier alpha value is -1.35. The molecule has 0 fully saturated rings. The van der Waals surface area contributed by atoms with E-state index < -0.39 is 5.79 Å². The van der Waals surface area contributed by atoms with Gasteiger partial charge >= 0.3 is 0 Å². The highest BCUT2D eigenvalue weighted by molar-refractivity contribution is 5.85. The Labute approximate surface area is 159 Å². The van der Waals surface area contributed by atoms with E-state index in [1.807, 2.05) is 13.8 Å². The zero-order chi connectivity index (χ0) is 19.6. The van der Waals surface area contributed by atoms with Crippen molar-refractivity contribution in [1.82, 2.24) is 0 Å². The van der Waals surface area contributed by atoms with Gasteiger partial charge in [0.25, 0.3) is 0 Å². The monoisotopic (exact) mass is 360 g/mol. The second kappa shape index (κ2) is 8.12. The molecule has 26 heavy (non-hydrogen) atoms. The first-order valence-electron chi connectivity index (χ1n) is 10.1. The Morgan fingerprint density at radius 3 is 2.54 bits per heavy atom. The molecule has 0 unspecified atom stereocenters. The van der Waals surface area contributed by atoms with Crippen LogP contribution in [0.3, 0.4) is 0 Å². The van der Waals surface area contributed by atoms with Gasteiger partial charge in [-0.15, -0.1) is 0 Å². The topological polar surface area (TPSA) is 35.5 Å². The van der Waals surface area contributed by atoms with Crippen LogP contribution < -0.4 is 0 Å². The lowest BCUT2D eigenvalue weighted by molar-refractivity contribution is -0.244. The van der Waals surface area contributed by atoms with Gasteiger partial charge in [-0.3, -0.25) is 4.79 Å². The molecule has 0 saturated heterocycles. The molecule has 2 aliphatic rings. The molecule has 2 aliphatic heterocycles. The number of hydrogen-bond donors (Lipinski definition) is 0. The van der Waals surface area contributed by atoms with E-state index in [2.05, 4.69) is 53.7 Å².